The molecule has 0 aromatic heterocycles. The molecule has 1 aliphatic rings. The molecule has 0 unspecified atom stereocenters. The molecular weight excluding hydrogens is 334 g/mol. The molecule has 0 bridgehead atoms. The number of amides is 2. The minimum Gasteiger partial charge on any atom is -0.491 e. The number of carbonyl (C=O) groups is 3. The highest BCUT2D eigenvalue weighted by molar-refractivity contribution is 6.21. The van der Waals surface area contributed by atoms with Crippen molar-refractivity contribution >= 4 is 17.8 Å². The first-order chi connectivity index (χ1) is 12.4. The van der Waals surface area contributed by atoms with E-state index in [4.69, 9.17) is 4.74 Å². The van der Waals surface area contributed by atoms with Crippen LogP contribution in [0.5, 0.6) is 5.75 Å². The van der Waals surface area contributed by atoms with E-state index in [0.29, 0.717) is 22.4 Å². The number of carbonyl (C=O) groups excluding carboxylic acids is 2. The molecule has 134 valence electrons. The Morgan fingerprint density at radius 3 is 2.00 bits per heavy atom. The van der Waals surface area contributed by atoms with Crippen LogP contribution in [0.15, 0.2) is 48.5 Å². The van der Waals surface area contributed by atoms with Gasteiger partial charge >= 0.3 is 5.97 Å². The van der Waals surface area contributed by atoms with E-state index in [1.165, 1.54) is 0 Å². The van der Waals surface area contributed by atoms with Gasteiger partial charge in [-0.15, -0.1) is 0 Å². The molecule has 0 spiro atoms. The van der Waals surface area contributed by atoms with Gasteiger partial charge in [-0.3, -0.25) is 19.3 Å². The van der Waals surface area contributed by atoms with Gasteiger partial charge in [0.1, 0.15) is 5.75 Å². The first kappa shape index (κ1) is 17.7. The predicted molar refractivity (Wildman–Crippen MR) is 94.1 cm³/mol. The van der Waals surface area contributed by atoms with Gasteiger partial charge in [-0.1, -0.05) is 24.3 Å². The molecule has 0 saturated heterocycles. The normalized spacial score (nSPS) is 14.5. The first-order valence-corrected chi connectivity index (χ1v) is 8.34. The molecule has 2 aromatic rings. The van der Waals surface area contributed by atoms with Crippen molar-refractivity contribution in [1.29, 1.82) is 0 Å². The molecule has 1 heterocycles. The fraction of sp³-hybridized carbons (Fsp3) is 0.250. The number of imide groups is 1. The highest BCUT2D eigenvalue weighted by atomic mass is 16.5. The standard InChI is InChI=1S/C20H19NO5/c1-12(2)26-14-9-7-13(8-10-14)17(11-18(22)23)21-19(24)15-5-3-4-6-16(15)20(21)25/h3-10,12,17H,11H2,1-2H3,(H,22,23)/t17-/m0/s1. The van der Waals surface area contributed by atoms with Crippen molar-refractivity contribution in [3.63, 3.8) is 0 Å². The van der Waals surface area contributed by atoms with Crippen molar-refractivity contribution in [2.45, 2.75) is 32.4 Å². The third-order valence-electron chi connectivity index (χ3n) is 4.14. The van der Waals surface area contributed by atoms with Gasteiger partial charge in [0, 0.05) is 0 Å². The zero-order valence-electron chi connectivity index (χ0n) is 14.5. The second kappa shape index (κ2) is 7.00. The zero-order valence-corrected chi connectivity index (χ0v) is 14.5. The molecule has 0 saturated carbocycles. The summed E-state index contributed by atoms with van der Waals surface area (Å²) in [6.45, 7) is 3.81. The molecule has 1 atom stereocenters. The lowest BCUT2D eigenvalue weighted by Gasteiger charge is -2.25. The molecule has 2 aromatic carbocycles. The number of benzene rings is 2. The number of carboxylic acids is 1. The van der Waals surface area contributed by atoms with E-state index in [-0.39, 0.29) is 12.5 Å². The molecular formula is C20H19NO5. The first-order valence-electron chi connectivity index (χ1n) is 8.34. The fourth-order valence-corrected chi connectivity index (χ4v) is 3.06. The average Bonchev–Trinajstić information content (AvgIpc) is 2.85. The lowest BCUT2D eigenvalue weighted by atomic mass is 10.0. The van der Waals surface area contributed by atoms with Gasteiger partial charge in [0.15, 0.2) is 0 Å². The van der Waals surface area contributed by atoms with Gasteiger partial charge in [0.05, 0.1) is 29.7 Å². The predicted octanol–water partition coefficient (Wildman–Crippen LogP) is 3.29. The Morgan fingerprint density at radius 1 is 1.00 bits per heavy atom. The van der Waals surface area contributed by atoms with Crippen LogP contribution in [0.1, 0.15) is 52.6 Å². The van der Waals surface area contributed by atoms with Gasteiger partial charge in [-0.05, 0) is 43.7 Å². The fourth-order valence-electron chi connectivity index (χ4n) is 3.06. The van der Waals surface area contributed by atoms with E-state index in [9.17, 15) is 19.5 Å². The van der Waals surface area contributed by atoms with Crippen molar-refractivity contribution in [2.75, 3.05) is 0 Å². The SMILES string of the molecule is CC(C)Oc1ccc([C@H](CC(=O)O)N2C(=O)c3ccccc3C2=O)cc1. The largest absolute Gasteiger partial charge is 0.491 e. The van der Waals surface area contributed by atoms with Crippen LogP contribution in [0.3, 0.4) is 0 Å². The van der Waals surface area contributed by atoms with Crippen LogP contribution in [0.4, 0.5) is 0 Å². The maximum Gasteiger partial charge on any atom is 0.305 e. The van der Waals surface area contributed by atoms with E-state index >= 15 is 0 Å². The van der Waals surface area contributed by atoms with Crippen LogP contribution in [0, 0.1) is 0 Å². The summed E-state index contributed by atoms with van der Waals surface area (Å²) in [6.07, 6.45) is -0.359. The Bertz CT molecular complexity index is 822. The molecule has 1 aliphatic heterocycles. The highest BCUT2D eigenvalue weighted by Crippen LogP contribution is 2.34. The number of carboxylic acid groups (broad SMARTS) is 1. The minimum atomic E-state index is -1.09. The molecule has 6 heteroatoms. The monoisotopic (exact) mass is 353 g/mol. The number of fused-ring (bicyclic) bond motifs is 1. The molecule has 26 heavy (non-hydrogen) atoms. The van der Waals surface area contributed by atoms with Crippen LogP contribution in [-0.4, -0.2) is 33.9 Å². The van der Waals surface area contributed by atoms with Gasteiger partial charge in [-0.2, -0.15) is 0 Å². The maximum atomic E-state index is 12.7. The molecule has 6 nitrogen and oxygen atoms in total. The third kappa shape index (κ3) is 3.31. The van der Waals surface area contributed by atoms with Crippen molar-refractivity contribution in [1.82, 2.24) is 4.90 Å². The van der Waals surface area contributed by atoms with Gasteiger partial charge < -0.3 is 9.84 Å². The van der Waals surface area contributed by atoms with Crippen molar-refractivity contribution in [3.05, 3.63) is 65.2 Å². The molecule has 0 radical (unpaired) electrons. The van der Waals surface area contributed by atoms with Gasteiger partial charge in [-0.25, -0.2) is 0 Å². The van der Waals surface area contributed by atoms with E-state index < -0.39 is 23.8 Å². The summed E-state index contributed by atoms with van der Waals surface area (Å²) in [5.41, 5.74) is 1.17. The Balaban J connectivity index is 1.96. The number of nitrogens with zero attached hydrogens (tertiary/aromatic N) is 1. The smallest absolute Gasteiger partial charge is 0.305 e. The van der Waals surface area contributed by atoms with Crippen LogP contribution in [0.2, 0.25) is 0 Å². The Hall–Kier alpha value is -3.15. The number of ether oxygens (including phenoxy) is 1. The van der Waals surface area contributed by atoms with Crippen molar-refractivity contribution in [2.24, 2.45) is 0 Å². The molecule has 2 amide bonds. The number of aliphatic carboxylic acids is 1. The second-order valence-corrected chi connectivity index (χ2v) is 6.38. The van der Waals surface area contributed by atoms with E-state index in [1.54, 1.807) is 48.5 Å². The Kier molecular flexibility index (Phi) is 4.75. The van der Waals surface area contributed by atoms with Crippen molar-refractivity contribution in [3.8, 4) is 5.75 Å². The van der Waals surface area contributed by atoms with E-state index in [1.807, 2.05) is 13.8 Å². The lowest BCUT2D eigenvalue weighted by molar-refractivity contribution is -0.138. The summed E-state index contributed by atoms with van der Waals surface area (Å²) < 4.78 is 5.58. The van der Waals surface area contributed by atoms with E-state index in [0.717, 1.165) is 4.90 Å². The third-order valence-corrected chi connectivity index (χ3v) is 4.14. The summed E-state index contributed by atoms with van der Waals surface area (Å²) in [7, 11) is 0. The van der Waals surface area contributed by atoms with Crippen LogP contribution >= 0.6 is 0 Å². The van der Waals surface area contributed by atoms with Gasteiger partial charge in [0.25, 0.3) is 11.8 Å². The Labute approximate surface area is 151 Å². The number of rotatable bonds is 6. The van der Waals surface area contributed by atoms with Crippen LogP contribution < -0.4 is 4.74 Å². The van der Waals surface area contributed by atoms with Crippen molar-refractivity contribution < 1.29 is 24.2 Å². The minimum absolute atomic E-state index is 0.00639. The summed E-state index contributed by atoms with van der Waals surface area (Å²) >= 11 is 0. The second-order valence-electron chi connectivity index (χ2n) is 6.38. The highest BCUT2D eigenvalue weighted by Gasteiger charge is 2.41. The van der Waals surface area contributed by atoms with Gasteiger partial charge in [0.2, 0.25) is 0 Å². The quantitative estimate of drug-likeness (QED) is 0.806. The van der Waals surface area contributed by atoms with E-state index in [2.05, 4.69) is 0 Å². The van der Waals surface area contributed by atoms with Crippen LogP contribution in [-0.2, 0) is 4.79 Å². The molecule has 3 rings (SSSR count). The summed E-state index contributed by atoms with van der Waals surface area (Å²) in [5, 5.41) is 9.29. The molecule has 1 N–H and O–H groups in total. The number of hydrogen-bond acceptors (Lipinski definition) is 4. The summed E-state index contributed by atoms with van der Waals surface area (Å²) in [5.74, 6) is -1.40. The maximum absolute atomic E-state index is 12.7. The summed E-state index contributed by atoms with van der Waals surface area (Å²) in [4.78, 5) is 37.8. The summed E-state index contributed by atoms with van der Waals surface area (Å²) in [6, 6.07) is 12.4. The zero-order chi connectivity index (χ0) is 18.8. The Morgan fingerprint density at radius 2 is 1.54 bits per heavy atom. The van der Waals surface area contributed by atoms with Crippen LogP contribution in [0.25, 0.3) is 0 Å². The molecule has 0 aliphatic carbocycles. The lowest BCUT2D eigenvalue weighted by Crippen LogP contribution is -2.35. The number of hydrogen-bond donors (Lipinski definition) is 1. The average molecular weight is 353 g/mol. The molecule has 0 fully saturated rings. The topological polar surface area (TPSA) is 83.9 Å².